The fraction of sp³-hybridized carbons (Fsp3) is 0.462. The Morgan fingerprint density at radius 2 is 1.69 bits per heavy atom. The Balaban J connectivity index is 1.58. The maximum atomic E-state index is 12.7. The smallest absolute Gasteiger partial charge is 0.338 e. The van der Waals surface area contributed by atoms with E-state index in [4.69, 9.17) is 14.2 Å². The van der Waals surface area contributed by atoms with Crippen LogP contribution in [0.1, 0.15) is 26.3 Å². The minimum Gasteiger partial charge on any atom is -0.459 e. The number of carbonyl (C=O) groups excluding carboxylic acids is 2. The van der Waals surface area contributed by atoms with Crippen LogP contribution in [0.15, 0.2) is 48.5 Å². The molecular formula is C26H35NO8S. The van der Waals surface area contributed by atoms with Crippen molar-refractivity contribution in [1.82, 2.24) is 0 Å². The van der Waals surface area contributed by atoms with Crippen LogP contribution in [0.2, 0.25) is 0 Å². The largest absolute Gasteiger partial charge is 0.459 e. The number of aliphatic hydroxyl groups is 3. The topological polar surface area (TPSA) is 135 Å². The van der Waals surface area contributed by atoms with Gasteiger partial charge in [0.1, 0.15) is 31.0 Å². The fourth-order valence-electron chi connectivity index (χ4n) is 3.61. The van der Waals surface area contributed by atoms with E-state index in [0.29, 0.717) is 23.4 Å². The van der Waals surface area contributed by atoms with E-state index >= 15 is 0 Å². The van der Waals surface area contributed by atoms with E-state index in [2.05, 4.69) is 24.1 Å². The number of aliphatic hydroxyl groups excluding tert-OH is 3. The minimum absolute atomic E-state index is 0.268. The first kappa shape index (κ1) is 28.1. The van der Waals surface area contributed by atoms with Gasteiger partial charge in [-0.15, -0.1) is 0 Å². The number of hydrogen-bond donors (Lipinski definition) is 4. The summed E-state index contributed by atoms with van der Waals surface area (Å²) in [5.41, 5.74) is 1.90. The van der Waals surface area contributed by atoms with E-state index in [1.54, 1.807) is 43.3 Å². The van der Waals surface area contributed by atoms with Gasteiger partial charge in [0.2, 0.25) is 0 Å². The van der Waals surface area contributed by atoms with Crippen molar-refractivity contribution in [2.75, 3.05) is 43.1 Å². The summed E-state index contributed by atoms with van der Waals surface area (Å²) in [6.45, 7) is 1.68. The molecule has 4 N–H and O–H groups in total. The molecule has 2 aromatic carbocycles. The van der Waals surface area contributed by atoms with Gasteiger partial charge in [0.05, 0.1) is 12.2 Å². The molecule has 2 aromatic rings. The van der Waals surface area contributed by atoms with Crippen LogP contribution in [0, 0.1) is 6.92 Å². The third-order valence-corrected chi connectivity index (χ3v) is 7.16. The van der Waals surface area contributed by atoms with Crippen molar-refractivity contribution in [2.24, 2.45) is 0 Å². The van der Waals surface area contributed by atoms with E-state index in [9.17, 15) is 24.9 Å². The predicted octanol–water partition coefficient (Wildman–Crippen LogP) is 1.92. The van der Waals surface area contributed by atoms with Crippen molar-refractivity contribution in [3.8, 4) is 0 Å². The maximum absolute atomic E-state index is 12.7. The lowest BCUT2D eigenvalue weighted by molar-refractivity contribution is -0.299. The Morgan fingerprint density at radius 1 is 1.00 bits per heavy atom. The molecule has 1 amide bonds. The summed E-state index contributed by atoms with van der Waals surface area (Å²) in [7, 11) is -0.827. The van der Waals surface area contributed by atoms with Crippen LogP contribution >= 0.6 is 10.0 Å². The molecule has 3 rings (SSSR count). The zero-order valence-corrected chi connectivity index (χ0v) is 21.7. The third kappa shape index (κ3) is 7.52. The fourth-order valence-corrected chi connectivity index (χ4v) is 4.20. The maximum Gasteiger partial charge on any atom is 0.338 e. The van der Waals surface area contributed by atoms with Crippen LogP contribution in [0.4, 0.5) is 5.69 Å². The first-order valence-electron chi connectivity index (χ1n) is 11.6. The van der Waals surface area contributed by atoms with E-state index < -0.39 is 46.7 Å². The van der Waals surface area contributed by atoms with Gasteiger partial charge >= 0.3 is 5.97 Å². The lowest BCUT2D eigenvalue weighted by Gasteiger charge is -2.40. The Kier molecular flexibility index (Phi) is 9.51. The lowest BCUT2D eigenvalue weighted by Crippen LogP contribution is -2.59. The first-order valence-corrected chi connectivity index (χ1v) is 14.6. The van der Waals surface area contributed by atoms with Gasteiger partial charge in [0.15, 0.2) is 6.29 Å². The molecule has 0 unspecified atom stereocenters. The number of anilines is 1. The lowest BCUT2D eigenvalue weighted by atomic mass is 9.99. The average Bonchev–Trinajstić information content (AvgIpc) is 2.83. The molecule has 10 heteroatoms. The molecule has 0 bridgehead atoms. The van der Waals surface area contributed by atoms with Crippen LogP contribution in [0.3, 0.4) is 0 Å². The number of rotatable bonds is 9. The number of aryl methyl sites for hydroxylation is 1. The predicted molar refractivity (Wildman–Crippen MR) is 139 cm³/mol. The number of nitrogens with one attached hydrogen (secondary N) is 1. The normalized spacial score (nSPS) is 24.7. The summed E-state index contributed by atoms with van der Waals surface area (Å²) in [6.07, 6.45) is -0.250. The highest BCUT2D eigenvalue weighted by molar-refractivity contribution is 8.32. The molecule has 0 radical (unpaired) electrons. The Labute approximate surface area is 212 Å². The van der Waals surface area contributed by atoms with E-state index in [1.807, 2.05) is 6.07 Å². The molecule has 1 heterocycles. The van der Waals surface area contributed by atoms with Crippen LogP contribution in [0.25, 0.3) is 0 Å². The molecule has 0 aliphatic carbocycles. The molecule has 1 saturated heterocycles. The van der Waals surface area contributed by atoms with Crippen LogP contribution < -0.4 is 5.32 Å². The molecule has 1 fully saturated rings. The summed E-state index contributed by atoms with van der Waals surface area (Å²) in [5.74, 6) is -0.146. The van der Waals surface area contributed by atoms with Crippen molar-refractivity contribution in [2.45, 2.75) is 37.6 Å². The second-order valence-electron chi connectivity index (χ2n) is 9.63. The Bertz CT molecular complexity index is 1040. The molecule has 0 spiro atoms. The van der Waals surface area contributed by atoms with Gasteiger partial charge in [-0.2, -0.15) is 0 Å². The molecule has 0 aromatic heterocycles. The van der Waals surface area contributed by atoms with Gasteiger partial charge in [0.25, 0.3) is 5.91 Å². The van der Waals surface area contributed by atoms with Crippen molar-refractivity contribution < 1.29 is 39.1 Å². The van der Waals surface area contributed by atoms with Crippen molar-refractivity contribution >= 4 is 27.6 Å². The monoisotopic (exact) mass is 521 g/mol. The first-order chi connectivity index (χ1) is 17.0. The van der Waals surface area contributed by atoms with Gasteiger partial charge in [-0.3, -0.25) is 4.79 Å². The van der Waals surface area contributed by atoms with E-state index in [-0.39, 0.29) is 18.1 Å². The summed E-state index contributed by atoms with van der Waals surface area (Å²) in [4.78, 5) is 25.0. The summed E-state index contributed by atoms with van der Waals surface area (Å²) in [5, 5.41) is 33.5. The molecule has 36 heavy (non-hydrogen) atoms. The zero-order valence-electron chi connectivity index (χ0n) is 20.9. The molecular weight excluding hydrogens is 486 g/mol. The summed E-state index contributed by atoms with van der Waals surface area (Å²) >= 11 is 0. The molecule has 0 saturated carbocycles. The highest BCUT2D eigenvalue weighted by Gasteiger charge is 2.44. The van der Waals surface area contributed by atoms with Gasteiger partial charge in [-0.05, 0) is 61.6 Å². The number of esters is 1. The van der Waals surface area contributed by atoms with Crippen molar-refractivity contribution in [3.05, 3.63) is 65.2 Å². The second kappa shape index (κ2) is 12.2. The van der Waals surface area contributed by atoms with Crippen molar-refractivity contribution in [3.63, 3.8) is 0 Å². The standard InChI is InChI=1S/C26H35NO8S/c1-16-14-18(27-24(31)17-8-6-5-7-9-17)10-11-19(16)25(32)34-15-20-21(28)22(29)23(30)26(35-20)33-12-13-36(2,3)4/h5-11,14,20-23,26,28-30H,12-13,15H2,1-4H3,(H,27,31)/t20-,21-,22+,23-,26-/m1/s1. The number of hydrogen-bond acceptors (Lipinski definition) is 8. The van der Waals surface area contributed by atoms with E-state index in [0.717, 1.165) is 5.75 Å². The van der Waals surface area contributed by atoms with Crippen LogP contribution in [-0.4, -0.2) is 95.6 Å². The quantitative estimate of drug-likeness (QED) is 0.368. The number of ether oxygens (including phenoxy) is 3. The number of amides is 1. The highest BCUT2D eigenvalue weighted by Crippen LogP contribution is 2.34. The number of benzene rings is 2. The van der Waals surface area contributed by atoms with Gasteiger partial charge < -0.3 is 34.8 Å². The average molecular weight is 522 g/mol. The highest BCUT2D eigenvalue weighted by atomic mass is 32.3. The van der Waals surface area contributed by atoms with E-state index in [1.165, 1.54) is 6.07 Å². The van der Waals surface area contributed by atoms with Crippen LogP contribution in [0.5, 0.6) is 0 Å². The third-order valence-electron chi connectivity index (χ3n) is 5.77. The van der Waals surface area contributed by atoms with Gasteiger partial charge in [-0.1, -0.05) is 18.2 Å². The Hall–Kier alpha value is -2.47. The minimum atomic E-state index is -1.51. The molecule has 9 nitrogen and oxygen atoms in total. The second-order valence-corrected chi connectivity index (χ2v) is 14.2. The van der Waals surface area contributed by atoms with Crippen molar-refractivity contribution in [1.29, 1.82) is 0 Å². The summed E-state index contributed by atoms with van der Waals surface area (Å²) in [6, 6.07) is 13.6. The summed E-state index contributed by atoms with van der Waals surface area (Å²) < 4.78 is 16.6. The SMILES string of the molecule is Cc1cc(NC(=O)c2ccccc2)ccc1C(=O)OC[C@H]1O[C@@H](OCCS(C)(C)C)[C@H](O)[C@@H](O)[C@@H]1O. The molecule has 198 valence electrons. The molecule has 1 aliphatic rings. The van der Waals surface area contributed by atoms with Gasteiger partial charge in [-0.25, -0.2) is 14.8 Å². The number of carbonyl (C=O) groups is 2. The molecule has 5 atom stereocenters. The van der Waals surface area contributed by atoms with Gasteiger partial charge in [0, 0.05) is 17.0 Å². The Morgan fingerprint density at radius 3 is 2.33 bits per heavy atom. The van der Waals surface area contributed by atoms with Crippen LogP contribution in [-0.2, 0) is 14.2 Å². The molecule has 1 aliphatic heterocycles. The zero-order chi connectivity index (χ0) is 26.5.